The number of benzene rings is 1. The van der Waals surface area contributed by atoms with E-state index in [1.54, 1.807) is 0 Å². The van der Waals surface area contributed by atoms with Crippen molar-refractivity contribution < 1.29 is 4.74 Å². The number of ether oxygens (including phenoxy) is 1. The SMILES string of the molecule is CCNC(=NCC1(N(C)C)CCOCC1)NCC1(Sc2ccccc2)CC1.I. The third kappa shape index (κ3) is 6.50. The van der Waals surface area contributed by atoms with E-state index in [1.165, 1.54) is 17.7 Å². The topological polar surface area (TPSA) is 48.9 Å². The Morgan fingerprint density at radius 3 is 2.36 bits per heavy atom. The van der Waals surface area contributed by atoms with Crippen molar-refractivity contribution in [2.45, 2.75) is 47.8 Å². The first kappa shape index (κ1) is 23.8. The van der Waals surface area contributed by atoms with E-state index in [1.807, 2.05) is 11.8 Å². The van der Waals surface area contributed by atoms with Crippen LogP contribution in [0, 0.1) is 0 Å². The number of likely N-dealkylation sites (N-methyl/N-ethyl adjacent to an activating group) is 1. The number of rotatable bonds is 8. The van der Waals surface area contributed by atoms with Crippen LogP contribution >= 0.6 is 35.7 Å². The van der Waals surface area contributed by atoms with Crippen molar-refractivity contribution in [1.82, 2.24) is 15.5 Å². The van der Waals surface area contributed by atoms with E-state index in [4.69, 9.17) is 9.73 Å². The molecule has 1 aliphatic carbocycles. The van der Waals surface area contributed by atoms with Crippen LogP contribution in [0.5, 0.6) is 0 Å². The van der Waals surface area contributed by atoms with Gasteiger partial charge < -0.3 is 20.3 Å². The van der Waals surface area contributed by atoms with Crippen molar-refractivity contribution >= 4 is 41.7 Å². The maximum Gasteiger partial charge on any atom is 0.191 e. The van der Waals surface area contributed by atoms with Gasteiger partial charge in [0.05, 0.1) is 6.54 Å². The molecule has 2 N–H and O–H groups in total. The Morgan fingerprint density at radius 1 is 1.11 bits per heavy atom. The van der Waals surface area contributed by atoms with Crippen molar-refractivity contribution in [3.63, 3.8) is 0 Å². The first-order valence-electron chi connectivity index (χ1n) is 10.1. The molecule has 0 aromatic heterocycles. The fourth-order valence-corrected chi connectivity index (χ4v) is 4.75. The Kier molecular flexibility index (Phi) is 9.37. The van der Waals surface area contributed by atoms with Gasteiger partial charge in [0.15, 0.2) is 5.96 Å². The highest BCUT2D eigenvalue weighted by Crippen LogP contribution is 2.51. The summed E-state index contributed by atoms with van der Waals surface area (Å²) >= 11 is 2.00. The number of halogens is 1. The van der Waals surface area contributed by atoms with Crippen LogP contribution in [0.4, 0.5) is 0 Å². The van der Waals surface area contributed by atoms with Gasteiger partial charge in [0, 0.05) is 41.5 Å². The fraction of sp³-hybridized carbons (Fsp3) is 0.667. The zero-order valence-electron chi connectivity index (χ0n) is 17.4. The van der Waals surface area contributed by atoms with Gasteiger partial charge in [0.2, 0.25) is 0 Å². The number of thioether (sulfide) groups is 1. The summed E-state index contributed by atoms with van der Waals surface area (Å²) in [6.45, 7) is 6.42. The molecule has 158 valence electrons. The molecule has 0 amide bonds. The van der Waals surface area contributed by atoms with E-state index in [-0.39, 0.29) is 29.5 Å². The molecular weight excluding hydrogens is 483 g/mol. The molecule has 7 heteroatoms. The van der Waals surface area contributed by atoms with Gasteiger partial charge in [0.1, 0.15) is 0 Å². The van der Waals surface area contributed by atoms with Crippen LogP contribution in [0.2, 0.25) is 0 Å². The molecule has 0 radical (unpaired) electrons. The summed E-state index contributed by atoms with van der Waals surface area (Å²) in [5.41, 5.74) is 0.108. The molecule has 1 saturated heterocycles. The molecule has 1 aromatic rings. The minimum absolute atomic E-state index is 0. The number of aliphatic imine (C=N–C) groups is 1. The van der Waals surface area contributed by atoms with E-state index >= 15 is 0 Å². The minimum atomic E-state index is 0. The van der Waals surface area contributed by atoms with Crippen molar-refractivity contribution in [3.05, 3.63) is 30.3 Å². The van der Waals surface area contributed by atoms with Gasteiger partial charge in [-0.15, -0.1) is 35.7 Å². The van der Waals surface area contributed by atoms with E-state index in [2.05, 4.69) is 66.9 Å². The van der Waals surface area contributed by atoms with E-state index < -0.39 is 0 Å². The Hall–Kier alpha value is -0.510. The molecule has 5 nitrogen and oxygen atoms in total. The van der Waals surface area contributed by atoms with E-state index in [0.717, 1.165) is 51.6 Å². The summed E-state index contributed by atoms with van der Waals surface area (Å²) in [4.78, 5) is 8.64. The predicted octanol–water partition coefficient (Wildman–Crippen LogP) is 3.60. The first-order chi connectivity index (χ1) is 13.1. The lowest BCUT2D eigenvalue weighted by atomic mass is 9.89. The molecule has 1 aromatic carbocycles. The lowest BCUT2D eigenvalue weighted by Gasteiger charge is -2.41. The first-order valence-corrected chi connectivity index (χ1v) is 10.9. The summed E-state index contributed by atoms with van der Waals surface area (Å²) in [5.74, 6) is 0.935. The maximum absolute atomic E-state index is 5.58. The Morgan fingerprint density at radius 2 is 1.79 bits per heavy atom. The minimum Gasteiger partial charge on any atom is -0.381 e. The molecule has 1 aliphatic heterocycles. The largest absolute Gasteiger partial charge is 0.381 e. The zero-order chi connectivity index (χ0) is 19.2. The summed E-state index contributed by atoms with van der Waals surface area (Å²) in [6.07, 6.45) is 4.60. The normalized spacial score (nSPS) is 20.4. The quantitative estimate of drug-likeness (QED) is 0.313. The van der Waals surface area contributed by atoms with Crippen molar-refractivity contribution in [2.75, 3.05) is 46.9 Å². The molecule has 3 rings (SSSR count). The van der Waals surface area contributed by atoms with Gasteiger partial charge in [-0.05, 0) is 58.8 Å². The van der Waals surface area contributed by atoms with Gasteiger partial charge in [-0.2, -0.15) is 0 Å². The molecular formula is C21H35IN4OS. The monoisotopic (exact) mass is 518 g/mol. The van der Waals surface area contributed by atoms with Gasteiger partial charge in [-0.3, -0.25) is 4.99 Å². The van der Waals surface area contributed by atoms with Crippen LogP contribution in [0.3, 0.4) is 0 Å². The van der Waals surface area contributed by atoms with Gasteiger partial charge in [-0.25, -0.2) is 0 Å². The summed E-state index contributed by atoms with van der Waals surface area (Å²) in [7, 11) is 4.33. The molecule has 2 fully saturated rings. The summed E-state index contributed by atoms with van der Waals surface area (Å²) < 4.78 is 5.89. The second-order valence-corrected chi connectivity index (χ2v) is 9.42. The number of nitrogens with zero attached hydrogens (tertiary/aromatic N) is 2. The average Bonchev–Trinajstić information content (AvgIpc) is 3.45. The highest BCUT2D eigenvalue weighted by atomic mass is 127. The fourth-order valence-electron chi connectivity index (χ4n) is 3.50. The standard InChI is InChI=1S/C21H34N4OS.HI/c1-4-22-19(23-16-20(25(2)3)12-14-26-15-13-20)24-17-21(10-11-21)27-18-8-6-5-7-9-18;/h5-9H,4,10-17H2,1-3H3,(H2,22,23,24);1H. The number of hydrogen-bond donors (Lipinski definition) is 2. The molecule has 0 atom stereocenters. The maximum atomic E-state index is 5.58. The Balaban J connectivity index is 0.00000280. The van der Waals surface area contributed by atoms with Crippen LogP contribution in [-0.4, -0.2) is 68.1 Å². The third-order valence-corrected chi connectivity index (χ3v) is 7.20. The molecule has 0 unspecified atom stereocenters. The zero-order valence-corrected chi connectivity index (χ0v) is 20.5. The smallest absolute Gasteiger partial charge is 0.191 e. The molecule has 2 aliphatic rings. The molecule has 0 bridgehead atoms. The van der Waals surface area contributed by atoms with Gasteiger partial charge in [-0.1, -0.05) is 18.2 Å². The van der Waals surface area contributed by atoms with Crippen molar-refractivity contribution in [2.24, 2.45) is 4.99 Å². The lowest BCUT2D eigenvalue weighted by molar-refractivity contribution is -0.00254. The van der Waals surface area contributed by atoms with Crippen molar-refractivity contribution in [3.8, 4) is 0 Å². The number of hydrogen-bond acceptors (Lipinski definition) is 4. The molecule has 28 heavy (non-hydrogen) atoms. The third-order valence-electron chi connectivity index (χ3n) is 5.71. The molecule has 1 saturated carbocycles. The molecule has 1 heterocycles. The van der Waals surface area contributed by atoms with Crippen LogP contribution in [0.25, 0.3) is 0 Å². The number of guanidine groups is 1. The van der Waals surface area contributed by atoms with Crippen LogP contribution in [0.15, 0.2) is 40.2 Å². The van der Waals surface area contributed by atoms with E-state index in [0.29, 0.717) is 4.75 Å². The second-order valence-electron chi connectivity index (χ2n) is 7.88. The van der Waals surface area contributed by atoms with Crippen LogP contribution in [-0.2, 0) is 4.74 Å². The van der Waals surface area contributed by atoms with Crippen molar-refractivity contribution in [1.29, 1.82) is 0 Å². The number of nitrogens with one attached hydrogen (secondary N) is 2. The highest BCUT2D eigenvalue weighted by molar-refractivity contribution is 14.0. The van der Waals surface area contributed by atoms with Gasteiger partial charge >= 0.3 is 0 Å². The van der Waals surface area contributed by atoms with Crippen LogP contribution < -0.4 is 10.6 Å². The average molecular weight is 519 g/mol. The highest BCUT2D eigenvalue weighted by Gasteiger charge is 2.43. The predicted molar refractivity (Wildman–Crippen MR) is 130 cm³/mol. The summed E-state index contributed by atoms with van der Waals surface area (Å²) in [6, 6.07) is 10.7. The Labute approximate surface area is 191 Å². The molecule has 0 spiro atoms. The van der Waals surface area contributed by atoms with Gasteiger partial charge in [0.25, 0.3) is 0 Å². The second kappa shape index (κ2) is 11.0. The lowest BCUT2D eigenvalue weighted by Crippen LogP contribution is -2.52. The Bertz CT molecular complexity index is 616. The summed E-state index contributed by atoms with van der Waals surface area (Å²) in [5, 5.41) is 7.03. The van der Waals surface area contributed by atoms with Crippen LogP contribution in [0.1, 0.15) is 32.6 Å². The van der Waals surface area contributed by atoms with E-state index in [9.17, 15) is 0 Å².